The van der Waals surface area contributed by atoms with Crippen LogP contribution in [0.15, 0.2) is 54.6 Å². The molecule has 0 aliphatic heterocycles. The molecule has 0 fully saturated rings. The normalized spacial score (nSPS) is 11.8. The van der Waals surface area contributed by atoms with Gasteiger partial charge in [0.25, 0.3) is 5.69 Å². The van der Waals surface area contributed by atoms with Gasteiger partial charge in [-0.05, 0) is 17.5 Å². The zero-order valence-electron chi connectivity index (χ0n) is 10.6. The summed E-state index contributed by atoms with van der Waals surface area (Å²) in [5.41, 5.74) is 1.31. The second kappa shape index (κ2) is 5.97. The van der Waals surface area contributed by atoms with Gasteiger partial charge in [-0.2, -0.15) is 0 Å². The van der Waals surface area contributed by atoms with Gasteiger partial charge in [0.1, 0.15) is 0 Å². The molecule has 2 rings (SSSR count). The van der Waals surface area contributed by atoms with Crippen LogP contribution in [0.3, 0.4) is 0 Å². The van der Waals surface area contributed by atoms with E-state index in [4.69, 9.17) is 0 Å². The number of carboxylic acids is 1. The number of nitro benzene ring substituents is 1. The van der Waals surface area contributed by atoms with E-state index in [2.05, 4.69) is 0 Å². The van der Waals surface area contributed by atoms with Gasteiger partial charge in [-0.3, -0.25) is 10.1 Å². The number of nitrogens with zero attached hydrogens (tertiary/aromatic N) is 1. The van der Waals surface area contributed by atoms with E-state index in [0.717, 1.165) is 5.56 Å². The highest BCUT2D eigenvalue weighted by Crippen LogP contribution is 2.23. The molecule has 0 saturated heterocycles. The van der Waals surface area contributed by atoms with Crippen LogP contribution in [0.5, 0.6) is 0 Å². The summed E-state index contributed by atoms with van der Waals surface area (Å²) < 4.78 is 0. The lowest BCUT2D eigenvalue weighted by Gasteiger charge is -2.18. The SMILES string of the molecule is O=C([O-])C(Cc1ccccc1)c1ccc([N+](=O)[O-])cc1. The van der Waals surface area contributed by atoms with Crippen molar-refractivity contribution in [2.45, 2.75) is 12.3 Å². The number of carboxylic acid groups (broad SMARTS) is 1. The van der Waals surface area contributed by atoms with E-state index in [1.165, 1.54) is 24.3 Å². The second-order valence-corrected chi connectivity index (χ2v) is 4.41. The van der Waals surface area contributed by atoms with Crippen LogP contribution in [0.1, 0.15) is 17.0 Å². The first-order valence-electron chi connectivity index (χ1n) is 6.07. The minimum atomic E-state index is -1.19. The highest BCUT2D eigenvalue weighted by Gasteiger charge is 2.15. The van der Waals surface area contributed by atoms with Crippen molar-refractivity contribution in [3.05, 3.63) is 75.8 Å². The molecule has 20 heavy (non-hydrogen) atoms. The van der Waals surface area contributed by atoms with Crippen molar-refractivity contribution in [1.29, 1.82) is 0 Å². The van der Waals surface area contributed by atoms with Gasteiger partial charge in [-0.15, -0.1) is 0 Å². The van der Waals surface area contributed by atoms with Crippen molar-refractivity contribution >= 4 is 11.7 Å². The number of hydrogen-bond acceptors (Lipinski definition) is 4. The van der Waals surface area contributed by atoms with E-state index < -0.39 is 16.8 Å². The molecule has 1 atom stereocenters. The Labute approximate surface area is 115 Å². The Kier molecular flexibility index (Phi) is 4.10. The minimum absolute atomic E-state index is 0.0643. The summed E-state index contributed by atoms with van der Waals surface area (Å²) in [5.74, 6) is -2.01. The summed E-state index contributed by atoms with van der Waals surface area (Å²) >= 11 is 0. The Morgan fingerprint density at radius 1 is 1.05 bits per heavy atom. The Hall–Kier alpha value is -2.69. The Morgan fingerprint density at radius 3 is 2.15 bits per heavy atom. The Morgan fingerprint density at radius 2 is 1.65 bits per heavy atom. The van der Waals surface area contributed by atoms with Crippen LogP contribution in [0.2, 0.25) is 0 Å². The number of hydrogen-bond donors (Lipinski definition) is 0. The highest BCUT2D eigenvalue weighted by molar-refractivity contribution is 5.74. The topological polar surface area (TPSA) is 83.3 Å². The molecule has 0 N–H and O–H groups in total. The maximum absolute atomic E-state index is 11.3. The van der Waals surface area contributed by atoms with E-state index in [0.29, 0.717) is 12.0 Å². The van der Waals surface area contributed by atoms with Crippen LogP contribution in [-0.4, -0.2) is 10.9 Å². The summed E-state index contributed by atoms with van der Waals surface area (Å²) in [5, 5.41) is 21.9. The number of rotatable bonds is 5. The van der Waals surface area contributed by atoms with Crippen LogP contribution in [0.4, 0.5) is 5.69 Å². The molecule has 0 bridgehead atoms. The lowest BCUT2D eigenvalue weighted by molar-refractivity contribution is -0.384. The first kappa shape index (κ1) is 13.7. The molecule has 0 aliphatic rings. The van der Waals surface area contributed by atoms with Crippen molar-refractivity contribution in [1.82, 2.24) is 0 Å². The maximum Gasteiger partial charge on any atom is 0.269 e. The van der Waals surface area contributed by atoms with Gasteiger partial charge < -0.3 is 9.90 Å². The number of carbonyl (C=O) groups is 1. The van der Waals surface area contributed by atoms with Crippen LogP contribution < -0.4 is 5.11 Å². The van der Waals surface area contributed by atoms with E-state index >= 15 is 0 Å². The average Bonchev–Trinajstić information content (AvgIpc) is 2.45. The fraction of sp³-hybridized carbons (Fsp3) is 0.133. The number of carbonyl (C=O) groups excluding carboxylic acids is 1. The van der Waals surface area contributed by atoms with E-state index in [1.807, 2.05) is 30.3 Å². The third-order valence-corrected chi connectivity index (χ3v) is 3.07. The van der Waals surface area contributed by atoms with Gasteiger partial charge in [0, 0.05) is 24.0 Å². The van der Waals surface area contributed by atoms with Crippen LogP contribution >= 0.6 is 0 Å². The molecule has 0 heterocycles. The minimum Gasteiger partial charge on any atom is -0.549 e. The molecule has 102 valence electrons. The molecule has 1 unspecified atom stereocenters. The van der Waals surface area contributed by atoms with E-state index in [1.54, 1.807) is 0 Å². The Bertz CT molecular complexity index is 608. The number of benzene rings is 2. The predicted molar refractivity (Wildman–Crippen MR) is 71.0 cm³/mol. The van der Waals surface area contributed by atoms with Gasteiger partial charge in [0.05, 0.1) is 4.92 Å². The molecule has 2 aromatic carbocycles. The first-order valence-corrected chi connectivity index (χ1v) is 6.07. The first-order chi connectivity index (χ1) is 9.58. The summed E-state index contributed by atoms with van der Waals surface area (Å²) in [7, 11) is 0. The molecule has 2 aromatic rings. The molecule has 0 aromatic heterocycles. The Balaban J connectivity index is 2.25. The smallest absolute Gasteiger partial charge is 0.269 e. The third-order valence-electron chi connectivity index (χ3n) is 3.07. The van der Waals surface area contributed by atoms with Gasteiger partial charge in [0.2, 0.25) is 0 Å². The van der Waals surface area contributed by atoms with Crippen LogP contribution in [0, 0.1) is 10.1 Å². The lowest BCUT2D eigenvalue weighted by atomic mass is 9.92. The zero-order chi connectivity index (χ0) is 14.5. The van der Waals surface area contributed by atoms with Crippen molar-refractivity contribution in [3.8, 4) is 0 Å². The van der Waals surface area contributed by atoms with Crippen LogP contribution in [0.25, 0.3) is 0 Å². The van der Waals surface area contributed by atoms with E-state index in [-0.39, 0.29) is 5.69 Å². The summed E-state index contributed by atoms with van der Waals surface area (Å²) in [6.07, 6.45) is 0.293. The molecule has 0 amide bonds. The number of aliphatic carboxylic acids is 1. The fourth-order valence-corrected chi connectivity index (χ4v) is 2.02. The molecule has 0 radical (unpaired) electrons. The fourth-order valence-electron chi connectivity index (χ4n) is 2.02. The van der Waals surface area contributed by atoms with Gasteiger partial charge in [-0.1, -0.05) is 42.5 Å². The van der Waals surface area contributed by atoms with Crippen molar-refractivity contribution in [2.24, 2.45) is 0 Å². The summed E-state index contributed by atoms with van der Waals surface area (Å²) in [6.45, 7) is 0. The second-order valence-electron chi connectivity index (χ2n) is 4.41. The standard InChI is InChI=1S/C15H13NO4/c17-15(18)14(10-11-4-2-1-3-5-11)12-6-8-13(9-7-12)16(19)20/h1-9,14H,10H2,(H,17,18)/p-1. The van der Waals surface area contributed by atoms with Crippen molar-refractivity contribution in [3.63, 3.8) is 0 Å². The molecule has 0 saturated carbocycles. The maximum atomic E-state index is 11.3. The monoisotopic (exact) mass is 270 g/mol. The highest BCUT2D eigenvalue weighted by atomic mass is 16.6. The van der Waals surface area contributed by atoms with Gasteiger partial charge in [0.15, 0.2) is 0 Å². The predicted octanol–water partition coefficient (Wildman–Crippen LogP) is 1.67. The third kappa shape index (κ3) is 3.20. The number of non-ortho nitro benzene ring substituents is 1. The van der Waals surface area contributed by atoms with Gasteiger partial charge in [-0.25, -0.2) is 0 Å². The van der Waals surface area contributed by atoms with Gasteiger partial charge >= 0.3 is 0 Å². The largest absolute Gasteiger partial charge is 0.549 e. The molecule has 5 nitrogen and oxygen atoms in total. The van der Waals surface area contributed by atoms with Crippen LogP contribution in [-0.2, 0) is 11.2 Å². The molecular formula is C15H12NO4-. The van der Waals surface area contributed by atoms with Crippen molar-refractivity contribution < 1.29 is 14.8 Å². The van der Waals surface area contributed by atoms with Crippen molar-refractivity contribution in [2.75, 3.05) is 0 Å². The average molecular weight is 270 g/mol. The summed E-state index contributed by atoms with van der Waals surface area (Å²) in [4.78, 5) is 21.3. The quantitative estimate of drug-likeness (QED) is 0.611. The zero-order valence-corrected chi connectivity index (χ0v) is 10.6. The molecule has 5 heteroatoms. The van der Waals surface area contributed by atoms with E-state index in [9.17, 15) is 20.0 Å². The molecular weight excluding hydrogens is 258 g/mol. The molecule has 0 spiro atoms. The number of nitro groups is 1. The molecule has 0 aliphatic carbocycles. The summed E-state index contributed by atoms with van der Waals surface area (Å²) in [6, 6.07) is 14.7. The lowest BCUT2D eigenvalue weighted by Crippen LogP contribution is -2.31.